The fourth-order valence-corrected chi connectivity index (χ4v) is 3.74. The third-order valence-corrected chi connectivity index (χ3v) is 5.23. The molecule has 1 nitrogen and oxygen atoms in total. The highest BCUT2D eigenvalue weighted by Crippen LogP contribution is 2.47. The van der Waals surface area contributed by atoms with Gasteiger partial charge in [-0.05, 0) is 69.7 Å². The molecule has 2 fully saturated rings. The summed E-state index contributed by atoms with van der Waals surface area (Å²) < 4.78 is 0. The first kappa shape index (κ1) is 12.4. The molecule has 16 heavy (non-hydrogen) atoms. The summed E-state index contributed by atoms with van der Waals surface area (Å²) in [5, 5.41) is 0. The quantitative estimate of drug-likeness (QED) is 0.685. The Bertz CT molecular complexity index is 224. The Balaban J connectivity index is 1.89. The molecule has 0 aromatic heterocycles. The van der Waals surface area contributed by atoms with Crippen LogP contribution in [0.2, 0.25) is 0 Å². The van der Waals surface area contributed by atoms with E-state index in [1.807, 2.05) is 0 Å². The van der Waals surface area contributed by atoms with Crippen LogP contribution in [0.1, 0.15) is 59.8 Å². The van der Waals surface area contributed by atoms with E-state index in [-0.39, 0.29) is 0 Å². The largest absolute Gasteiger partial charge is 0.300 e. The van der Waals surface area contributed by atoms with Gasteiger partial charge in [0.25, 0.3) is 0 Å². The number of nitrogens with zero attached hydrogens (tertiary/aromatic N) is 1. The van der Waals surface area contributed by atoms with Crippen molar-refractivity contribution in [1.82, 2.24) is 4.90 Å². The molecule has 1 saturated heterocycles. The lowest BCUT2D eigenvalue weighted by atomic mass is 9.67. The normalized spacial score (nSPS) is 36.8. The van der Waals surface area contributed by atoms with Crippen LogP contribution in [0.3, 0.4) is 0 Å². The maximum absolute atomic E-state index is 2.69. The second kappa shape index (κ2) is 4.68. The van der Waals surface area contributed by atoms with Crippen LogP contribution in [0, 0.1) is 17.3 Å². The minimum atomic E-state index is 0.718. The molecular weight excluding hydrogens is 194 g/mol. The molecule has 1 saturated carbocycles. The number of hydrogen-bond donors (Lipinski definition) is 0. The smallest absolute Gasteiger partial charge is 0.00412 e. The van der Waals surface area contributed by atoms with Crippen LogP contribution in [0.15, 0.2) is 0 Å². The van der Waals surface area contributed by atoms with Gasteiger partial charge in [0, 0.05) is 12.6 Å². The van der Waals surface area contributed by atoms with Crippen molar-refractivity contribution in [3.63, 3.8) is 0 Å². The molecule has 0 atom stereocenters. The van der Waals surface area contributed by atoms with Crippen molar-refractivity contribution in [2.24, 2.45) is 17.3 Å². The van der Waals surface area contributed by atoms with Gasteiger partial charge in [0.05, 0.1) is 0 Å². The Morgan fingerprint density at radius 2 is 1.62 bits per heavy atom. The van der Waals surface area contributed by atoms with E-state index in [0.29, 0.717) is 0 Å². The zero-order valence-electron chi connectivity index (χ0n) is 11.6. The van der Waals surface area contributed by atoms with E-state index < -0.39 is 0 Å². The lowest BCUT2D eigenvalue weighted by Gasteiger charge is -2.39. The summed E-state index contributed by atoms with van der Waals surface area (Å²) in [4.78, 5) is 2.69. The van der Waals surface area contributed by atoms with Gasteiger partial charge >= 0.3 is 0 Å². The highest BCUT2D eigenvalue weighted by atomic mass is 15.2. The van der Waals surface area contributed by atoms with E-state index in [2.05, 4.69) is 32.6 Å². The van der Waals surface area contributed by atoms with Crippen LogP contribution in [0.25, 0.3) is 0 Å². The Hall–Kier alpha value is -0.0400. The van der Waals surface area contributed by atoms with Gasteiger partial charge in [-0.1, -0.05) is 13.8 Å². The van der Waals surface area contributed by atoms with E-state index >= 15 is 0 Å². The van der Waals surface area contributed by atoms with Crippen molar-refractivity contribution in [3.8, 4) is 0 Å². The van der Waals surface area contributed by atoms with Crippen molar-refractivity contribution < 1.29 is 0 Å². The zero-order chi connectivity index (χ0) is 11.8. The first-order valence-electron chi connectivity index (χ1n) is 7.26. The topological polar surface area (TPSA) is 3.24 Å². The summed E-state index contributed by atoms with van der Waals surface area (Å²) in [6.45, 7) is 12.2. The lowest BCUT2D eigenvalue weighted by molar-refractivity contribution is 0.123. The molecule has 0 radical (unpaired) electrons. The average molecular weight is 223 g/mol. The van der Waals surface area contributed by atoms with E-state index in [1.165, 1.54) is 45.2 Å². The highest BCUT2D eigenvalue weighted by molar-refractivity contribution is 4.94. The van der Waals surface area contributed by atoms with E-state index in [9.17, 15) is 0 Å². The van der Waals surface area contributed by atoms with Crippen LogP contribution in [-0.4, -0.2) is 24.0 Å². The van der Waals surface area contributed by atoms with E-state index in [4.69, 9.17) is 0 Å². The molecule has 0 aromatic carbocycles. The van der Waals surface area contributed by atoms with Crippen LogP contribution in [0.4, 0.5) is 0 Å². The third-order valence-electron chi connectivity index (χ3n) is 5.23. The summed E-state index contributed by atoms with van der Waals surface area (Å²) in [5.41, 5.74) is 0.718. The molecule has 0 bridgehead atoms. The van der Waals surface area contributed by atoms with Crippen LogP contribution in [-0.2, 0) is 0 Å². The Labute approximate surface area is 102 Å². The number of hydrogen-bond acceptors (Lipinski definition) is 1. The third kappa shape index (κ3) is 2.45. The molecule has 1 heteroatoms. The Morgan fingerprint density at radius 3 is 2.06 bits per heavy atom. The maximum atomic E-state index is 2.69. The van der Waals surface area contributed by atoms with Crippen molar-refractivity contribution in [2.75, 3.05) is 13.1 Å². The molecule has 2 aliphatic rings. The molecule has 1 aliphatic heterocycles. The lowest BCUT2D eigenvalue weighted by Crippen LogP contribution is -2.35. The van der Waals surface area contributed by atoms with Gasteiger partial charge in [-0.3, -0.25) is 0 Å². The standard InChI is InChI=1S/C15H29N/c1-12(2)14-5-7-15(8-6-14)9-10-16(11-15)13(3)4/h12-14H,5-11H2,1-4H3/t14-,15-. The summed E-state index contributed by atoms with van der Waals surface area (Å²) in [6.07, 6.45) is 7.45. The summed E-state index contributed by atoms with van der Waals surface area (Å²) in [6, 6.07) is 0.752. The Morgan fingerprint density at radius 1 is 1.00 bits per heavy atom. The molecular formula is C15H29N. The predicted molar refractivity (Wildman–Crippen MR) is 70.6 cm³/mol. The second-order valence-corrected chi connectivity index (χ2v) is 6.90. The summed E-state index contributed by atoms with van der Waals surface area (Å²) >= 11 is 0. The fourth-order valence-electron chi connectivity index (χ4n) is 3.74. The van der Waals surface area contributed by atoms with Gasteiger partial charge in [0.1, 0.15) is 0 Å². The van der Waals surface area contributed by atoms with Crippen molar-refractivity contribution in [3.05, 3.63) is 0 Å². The van der Waals surface area contributed by atoms with E-state index in [1.54, 1.807) is 0 Å². The molecule has 0 amide bonds. The highest BCUT2D eigenvalue weighted by Gasteiger charge is 2.41. The van der Waals surface area contributed by atoms with Crippen LogP contribution >= 0.6 is 0 Å². The molecule has 1 spiro atoms. The maximum Gasteiger partial charge on any atom is 0.00412 e. The van der Waals surface area contributed by atoms with Gasteiger partial charge < -0.3 is 4.90 Å². The number of rotatable bonds is 2. The van der Waals surface area contributed by atoms with Crippen LogP contribution < -0.4 is 0 Å². The molecule has 0 aromatic rings. The average Bonchev–Trinajstić information content (AvgIpc) is 2.63. The molecule has 94 valence electrons. The zero-order valence-corrected chi connectivity index (χ0v) is 11.6. The second-order valence-electron chi connectivity index (χ2n) is 6.90. The fraction of sp³-hybridized carbons (Fsp3) is 1.00. The number of likely N-dealkylation sites (tertiary alicyclic amines) is 1. The van der Waals surface area contributed by atoms with Gasteiger partial charge in [-0.25, -0.2) is 0 Å². The summed E-state index contributed by atoms with van der Waals surface area (Å²) in [5.74, 6) is 1.92. The van der Waals surface area contributed by atoms with Gasteiger partial charge in [-0.15, -0.1) is 0 Å². The Kier molecular flexibility index (Phi) is 3.63. The molecule has 1 heterocycles. The van der Waals surface area contributed by atoms with Gasteiger partial charge in [-0.2, -0.15) is 0 Å². The minimum absolute atomic E-state index is 0.718. The first-order valence-corrected chi connectivity index (χ1v) is 7.26. The monoisotopic (exact) mass is 223 g/mol. The SMILES string of the molecule is CC(C)N1CC[C@]2(CC[C@@H](C(C)C)CC2)C1. The predicted octanol–water partition coefficient (Wildman–Crippen LogP) is 3.93. The molecule has 0 N–H and O–H groups in total. The van der Waals surface area contributed by atoms with Gasteiger partial charge in [0.2, 0.25) is 0 Å². The molecule has 2 rings (SSSR count). The van der Waals surface area contributed by atoms with Crippen molar-refractivity contribution in [2.45, 2.75) is 65.8 Å². The summed E-state index contributed by atoms with van der Waals surface area (Å²) in [7, 11) is 0. The molecule has 0 unspecified atom stereocenters. The first-order chi connectivity index (χ1) is 7.52. The molecule has 1 aliphatic carbocycles. The van der Waals surface area contributed by atoms with Crippen LogP contribution in [0.5, 0.6) is 0 Å². The van der Waals surface area contributed by atoms with E-state index in [0.717, 1.165) is 23.3 Å². The minimum Gasteiger partial charge on any atom is -0.300 e. The van der Waals surface area contributed by atoms with Gasteiger partial charge in [0.15, 0.2) is 0 Å². The van der Waals surface area contributed by atoms with Crippen molar-refractivity contribution in [1.29, 1.82) is 0 Å². The van der Waals surface area contributed by atoms with Crippen molar-refractivity contribution >= 4 is 0 Å².